The van der Waals surface area contributed by atoms with Crippen molar-refractivity contribution in [2.24, 2.45) is 0 Å². The molecule has 0 heterocycles. The molecule has 0 bridgehead atoms. The largest absolute Gasteiger partial charge is 0.310 e. The molecule has 0 aliphatic heterocycles. The van der Waals surface area contributed by atoms with Crippen molar-refractivity contribution in [3.8, 4) is 22.3 Å². The van der Waals surface area contributed by atoms with Crippen molar-refractivity contribution in [3.63, 3.8) is 0 Å². The molecule has 0 spiro atoms. The second kappa shape index (κ2) is 13.9. The van der Waals surface area contributed by atoms with Gasteiger partial charge in [-0.2, -0.15) is 0 Å². The lowest BCUT2D eigenvalue weighted by molar-refractivity contribution is 0.660. The van der Waals surface area contributed by atoms with Gasteiger partial charge < -0.3 is 9.80 Å². The van der Waals surface area contributed by atoms with Gasteiger partial charge in [-0.1, -0.05) is 166 Å². The van der Waals surface area contributed by atoms with Crippen molar-refractivity contribution in [2.75, 3.05) is 9.80 Å². The number of anilines is 6. The van der Waals surface area contributed by atoms with Gasteiger partial charge in [-0.25, -0.2) is 0 Å². The molecule has 1 aliphatic carbocycles. The molecule has 0 saturated heterocycles. The van der Waals surface area contributed by atoms with Crippen LogP contribution in [-0.2, 0) is 5.41 Å². The van der Waals surface area contributed by atoms with E-state index in [-0.39, 0.29) is 5.41 Å². The van der Waals surface area contributed by atoms with Crippen molar-refractivity contribution in [3.05, 3.63) is 230 Å². The fraction of sp³-hybridized carbons (Fsp3) is 0.0526. The quantitative estimate of drug-likeness (QED) is 0.160. The molecule has 0 atom stereocenters. The Kier molecular flexibility index (Phi) is 8.20. The summed E-state index contributed by atoms with van der Waals surface area (Å²) >= 11 is 0. The van der Waals surface area contributed by atoms with Crippen LogP contribution in [0.4, 0.5) is 34.1 Å². The molecule has 0 N–H and O–H groups in total. The molecular formula is C57H42N2. The van der Waals surface area contributed by atoms with Crippen LogP contribution < -0.4 is 9.80 Å². The average molecular weight is 755 g/mol. The molecule has 0 unspecified atom stereocenters. The third-order valence-electron chi connectivity index (χ3n) is 12.4. The topological polar surface area (TPSA) is 6.48 Å². The first kappa shape index (κ1) is 34.8. The van der Waals surface area contributed by atoms with Crippen LogP contribution >= 0.6 is 0 Å². The van der Waals surface area contributed by atoms with E-state index in [9.17, 15) is 0 Å². The summed E-state index contributed by atoms with van der Waals surface area (Å²) in [5, 5.41) is 7.43. The van der Waals surface area contributed by atoms with Crippen molar-refractivity contribution in [1.82, 2.24) is 0 Å². The molecule has 10 aromatic rings. The minimum absolute atomic E-state index is 0.245. The number of hydrogen-bond donors (Lipinski definition) is 0. The second-order valence-corrected chi connectivity index (χ2v) is 16.2. The maximum absolute atomic E-state index is 2.43. The van der Waals surface area contributed by atoms with E-state index in [0.717, 1.165) is 28.4 Å². The van der Waals surface area contributed by atoms with E-state index < -0.39 is 0 Å². The van der Waals surface area contributed by atoms with E-state index in [2.05, 4.69) is 242 Å². The average Bonchev–Trinajstić information content (AvgIpc) is 3.51. The fourth-order valence-corrected chi connectivity index (χ4v) is 9.43. The van der Waals surface area contributed by atoms with E-state index in [4.69, 9.17) is 0 Å². The number of hydrogen-bond acceptors (Lipinski definition) is 2. The maximum Gasteiger partial charge on any atom is 0.0540 e. The summed E-state index contributed by atoms with van der Waals surface area (Å²) in [6.07, 6.45) is 0. The van der Waals surface area contributed by atoms with Gasteiger partial charge in [0.25, 0.3) is 0 Å². The molecule has 0 radical (unpaired) electrons. The molecule has 59 heavy (non-hydrogen) atoms. The molecule has 11 rings (SSSR count). The Morgan fingerprint density at radius 2 is 0.797 bits per heavy atom. The van der Waals surface area contributed by atoms with Crippen LogP contribution in [0.5, 0.6) is 0 Å². The molecule has 0 saturated carbocycles. The number of para-hydroxylation sites is 1. The Morgan fingerprint density at radius 1 is 0.305 bits per heavy atom. The zero-order chi connectivity index (χ0) is 39.5. The van der Waals surface area contributed by atoms with Crippen molar-refractivity contribution >= 4 is 66.4 Å². The molecule has 280 valence electrons. The van der Waals surface area contributed by atoms with Gasteiger partial charge in [-0.05, 0) is 127 Å². The van der Waals surface area contributed by atoms with Crippen molar-refractivity contribution in [1.29, 1.82) is 0 Å². The molecular weight excluding hydrogens is 713 g/mol. The van der Waals surface area contributed by atoms with Crippen molar-refractivity contribution in [2.45, 2.75) is 19.3 Å². The molecule has 0 amide bonds. The fourth-order valence-electron chi connectivity index (χ4n) is 9.43. The predicted molar refractivity (Wildman–Crippen MR) is 251 cm³/mol. The van der Waals surface area contributed by atoms with E-state index in [1.54, 1.807) is 0 Å². The van der Waals surface area contributed by atoms with Crippen molar-refractivity contribution < 1.29 is 0 Å². The lowest BCUT2D eigenvalue weighted by Gasteiger charge is -2.30. The standard InChI is InChI=1S/C57H42N2/c1-57(2)54-37-47(32-34-52(54)53-35-33-48(38-55(53)57)59(44-20-4-3-5-21-44)56-25-13-19-41-16-9-11-23-51(41)56)58(46-31-26-39-14-6-7-17-43(39)36-46)45-29-27-42(28-30-45)50-24-12-18-40-15-8-10-22-49(40)50/h3-38H,1-2H3. The SMILES string of the molecule is CC1(C)c2cc(N(c3ccc(-c4cccc5ccccc45)cc3)c3ccc4ccccc4c3)ccc2-c2ccc(N(c3ccccc3)c3cccc4ccccc34)cc21. The summed E-state index contributed by atoms with van der Waals surface area (Å²) in [6, 6.07) is 79.9. The maximum atomic E-state index is 2.43. The summed E-state index contributed by atoms with van der Waals surface area (Å²) in [7, 11) is 0. The lowest BCUT2D eigenvalue weighted by Crippen LogP contribution is -2.17. The first-order valence-electron chi connectivity index (χ1n) is 20.5. The highest BCUT2D eigenvalue weighted by molar-refractivity contribution is 6.00. The Morgan fingerprint density at radius 3 is 1.51 bits per heavy atom. The monoisotopic (exact) mass is 754 g/mol. The summed E-state index contributed by atoms with van der Waals surface area (Å²) in [5.41, 5.74) is 14.3. The van der Waals surface area contributed by atoms with Gasteiger partial charge in [0.05, 0.1) is 5.69 Å². The highest BCUT2D eigenvalue weighted by atomic mass is 15.1. The molecule has 0 fully saturated rings. The Balaban J connectivity index is 1.02. The van der Waals surface area contributed by atoms with Crippen LogP contribution in [0.1, 0.15) is 25.0 Å². The van der Waals surface area contributed by atoms with Gasteiger partial charge in [0, 0.05) is 39.2 Å². The van der Waals surface area contributed by atoms with E-state index in [0.29, 0.717) is 0 Å². The minimum Gasteiger partial charge on any atom is -0.310 e. The van der Waals surface area contributed by atoms with Gasteiger partial charge in [0.2, 0.25) is 0 Å². The highest BCUT2D eigenvalue weighted by Gasteiger charge is 2.37. The Hall–Kier alpha value is -7.42. The molecule has 1 aliphatic rings. The smallest absolute Gasteiger partial charge is 0.0540 e. The molecule has 0 aromatic heterocycles. The summed E-state index contributed by atoms with van der Waals surface area (Å²) < 4.78 is 0. The second-order valence-electron chi connectivity index (χ2n) is 16.2. The van der Waals surface area contributed by atoms with E-state index in [1.165, 1.54) is 71.4 Å². The normalized spacial score (nSPS) is 12.7. The van der Waals surface area contributed by atoms with Crippen LogP contribution in [0.15, 0.2) is 218 Å². The molecule has 2 nitrogen and oxygen atoms in total. The molecule has 2 heteroatoms. The van der Waals surface area contributed by atoms with Crippen LogP contribution in [0, 0.1) is 0 Å². The zero-order valence-corrected chi connectivity index (χ0v) is 33.2. The third-order valence-corrected chi connectivity index (χ3v) is 12.4. The lowest BCUT2D eigenvalue weighted by atomic mass is 9.82. The number of fused-ring (bicyclic) bond motifs is 6. The number of rotatable bonds is 7. The Bertz CT molecular complexity index is 3190. The van der Waals surface area contributed by atoms with Gasteiger partial charge >= 0.3 is 0 Å². The van der Waals surface area contributed by atoms with Crippen LogP contribution in [0.25, 0.3) is 54.6 Å². The first-order valence-corrected chi connectivity index (χ1v) is 20.5. The highest BCUT2D eigenvalue weighted by Crippen LogP contribution is 2.53. The van der Waals surface area contributed by atoms with Crippen LogP contribution in [-0.4, -0.2) is 0 Å². The number of nitrogens with zero attached hydrogens (tertiary/aromatic N) is 2. The summed E-state index contributed by atoms with van der Waals surface area (Å²) in [6.45, 7) is 4.77. The third kappa shape index (κ3) is 5.87. The van der Waals surface area contributed by atoms with Gasteiger partial charge in [-0.15, -0.1) is 0 Å². The van der Waals surface area contributed by atoms with Crippen LogP contribution in [0.3, 0.4) is 0 Å². The summed E-state index contributed by atoms with van der Waals surface area (Å²) in [5.74, 6) is 0. The first-order chi connectivity index (χ1) is 29.0. The van der Waals surface area contributed by atoms with Crippen LogP contribution in [0.2, 0.25) is 0 Å². The number of benzene rings is 10. The van der Waals surface area contributed by atoms with Gasteiger partial charge in [-0.3, -0.25) is 0 Å². The van der Waals surface area contributed by atoms with Gasteiger partial charge in [0.1, 0.15) is 0 Å². The predicted octanol–water partition coefficient (Wildman–Crippen LogP) is 16.1. The zero-order valence-electron chi connectivity index (χ0n) is 33.2. The van der Waals surface area contributed by atoms with Gasteiger partial charge in [0.15, 0.2) is 0 Å². The molecule has 10 aromatic carbocycles. The van der Waals surface area contributed by atoms with E-state index >= 15 is 0 Å². The minimum atomic E-state index is -0.245. The Labute approximate surface area is 345 Å². The van der Waals surface area contributed by atoms with E-state index in [1.807, 2.05) is 0 Å². The summed E-state index contributed by atoms with van der Waals surface area (Å²) in [4.78, 5) is 4.83.